The molecule has 0 amide bonds. The minimum absolute atomic E-state index is 0.378. The topological polar surface area (TPSA) is 57.1 Å². The Labute approximate surface area is 143 Å². The lowest BCUT2D eigenvalue weighted by atomic mass is 9.83. The Balaban J connectivity index is 1.75. The van der Waals surface area contributed by atoms with Gasteiger partial charge in [0.15, 0.2) is 0 Å². The Morgan fingerprint density at radius 3 is 2.38 bits per heavy atom. The lowest BCUT2D eigenvalue weighted by Crippen LogP contribution is -2.41. The highest BCUT2D eigenvalue weighted by Crippen LogP contribution is 2.39. The molecule has 6 heteroatoms. The first-order valence-electron chi connectivity index (χ1n) is 8.51. The Kier molecular flexibility index (Phi) is 3.51. The van der Waals surface area contributed by atoms with Crippen molar-refractivity contribution < 1.29 is 9.31 Å². The van der Waals surface area contributed by atoms with E-state index >= 15 is 0 Å². The number of hydrogen-bond donors (Lipinski definition) is 0. The summed E-state index contributed by atoms with van der Waals surface area (Å²) in [7, 11) is -0.467. The second kappa shape index (κ2) is 5.36. The van der Waals surface area contributed by atoms with Crippen molar-refractivity contribution in [1.29, 1.82) is 0 Å². The fraction of sp³-hybridized carbons (Fsp3) is 0.500. The van der Waals surface area contributed by atoms with Crippen molar-refractivity contribution in [3.05, 3.63) is 36.4 Å². The predicted octanol–water partition coefficient (Wildman–Crippen LogP) is 2.72. The van der Waals surface area contributed by atoms with Crippen molar-refractivity contribution in [3.8, 4) is 11.3 Å². The highest BCUT2D eigenvalue weighted by Gasteiger charge is 2.52. The minimum atomic E-state index is -0.467. The Morgan fingerprint density at radius 1 is 1.08 bits per heavy atom. The molecule has 0 spiro atoms. The van der Waals surface area contributed by atoms with Gasteiger partial charge in [0.05, 0.1) is 22.5 Å². The van der Waals surface area contributed by atoms with Gasteiger partial charge in [-0.1, -0.05) is 0 Å². The number of rotatable bonds is 3. The molecule has 1 aliphatic carbocycles. The average Bonchev–Trinajstić information content (AvgIpc) is 3.36. The molecule has 3 heterocycles. The Hall–Kier alpha value is -1.79. The Morgan fingerprint density at radius 2 is 1.79 bits per heavy atom. The van der Waals surface area contributed by atoms with Crippen LogP contribution in [0.4, 0.5) is 0 Å². The van der Waals surface area contributed by atoms with Crippen LogP contribution in [0.3, 0.4) is 0 Å². The Bertz CT molecular complexity index is 744. The second-order valence-corrected chi connectivity index (χ2v) is 7.64. The molecule has 1 saturated heterocycles. The van der Waals surface area contributed by atoms with Gasteiger partial charge in [-0.2, -0.15) is 0 Å². The van der Waals surface area contributed by atoms with Gasteiger partial charge in [0.25, 0.3) is 0 Å². The number of aromatic nitrogens is 3. The zero-order valence-electron chi connectivity index (χ0n) is 14.6. The van der Waals surface area contributed by atoms with E-state index in [0.29, 0.717) is 5.92 Å². The van der Waals surface area contributed by atoms with Crippen LogP contribution in [-0.4, -0.2) is 33.3 Å². The van der Waals surface area contributed by atoms with E-state index in [1.807, 2.05) is 24.4 Å². The maximum absolute atomic E-state index is 6.17. The third kappa shape index (κ3) is 2.74. The molecule has 2 aromatic rings. The molecule has 2 aromatic heterocycles. The van der Waals surface area contributed by atoms with Gasteiger partial charge in [-0.15, -0.1) is 0 Å². The van der Waals surface area contributed by atoms with Crippen LogP contribution in [0.15, 0.2) is 30.6 Å². The van der Waals surface area contributed by atoms with Crippen LogP contribution in [0, 0.1) is 0 Å². The van der Waals surface area contributed by atoms with Crippen LogP contribution in [0.1, 0.15) is 52.3 Å². The predicted molar refractivity (Wildman–Crippen MR) is 93.0 cm³/mol. The van der Waals surface area contributed by atoms with E-state index < -0.39 is 7.12 Å². The smallest absolute Gasteiger partial charge is 0.398 e. The highest BCUT2D eigenvalue weighted by molar-refractivity contribution is 6.61. The summed E-state index contributed by atoms with van der Waals surface area (Å²) in [5, 5.41) is 0. The van der Waals surface area contributed by atoms with Gasteiger partial charge in [-0.3, -0.25) is 4.98 Å². The van der Waals surface area contributed by atoms with E-state index in [2.05, 4.69) is 32.7 Å². The van der Waals surface area contributed by atoms with Gasteiger partial charge in [-0.25, -0.2) is 9.97 Å². The van der Waals surface area contributed by atoms with Crippen LogP contribution in [0.2, 0.25) is 0 Å². The van der Waals surface area contributed by atoms with Gasteiger partial charge >= 0.3 is 7.12 Å². The summed E-state index contributed by atoms with van der Waals surface area (Å²) in [6.45, 7) is 8.21. The maximum Gasteiger partial charge on any atom is 0.514 e. The van der Waals surface area contributed by atoms with Crippen LogP contribution >= 0.6 is 0 Å². The molecule has 0 atom stereocenters. The van der Waals surface area contributed by atoms with Gasteiger partial charge in [0, 0.05) is 23.9 Å². The largest absolute Gasteiger partial charge is 0.514 e. The minimum Gasteiger partial charge on any atom is -0.398 e. The monoisotopic (exact) mass is 323 g/mol. The van der Waals surface area contributed by atoms with E-state index in [-0.39, 0.29) is 11.2 Å². The third-order valence-electron chi connectivity index (χ3n) is 5.16. The fourth-order valence-corrected chi connectivity index (χ4v) is 2.76. The van der Waals surface area contributed by atoms with Crippen molar-refractivity contribution >= 4 is 12.7 Å². The van der Waals surface area contributed by atoms with Crippen molar-refractivity contribution in [2.45, 2.75) is 57.7 Å². The molecule has 2 aliphatic rings. The first kappa shape index (κ1) is 15.7. The number of pyridine rings is 1. The molecule has 0 N–H and O–H groups in total. The highest BCUT2D eigenvalue weighted by atomic mass is 16.7. The van der Waals surface area contributed by atoms with E-state index in [9.17, 15) is 0 Å². The SMILES string of the molecule is CC1(C)OB(c2cc(-c3cccnc3)nc(C3CC3)n2)OC1(C)C. The maximum atomic E-state index is 6.17. The lowest BCUT2D eigenvalue weighted by Gasteiger charge is -2.32. The lowest BCUT2D eigenvalue weighted by molar-refractivity contribution is 0.00578. The van der Waals surface area contributed by atoms with Gasteiger partial charge in [0.1, 0.15) is 5.82 Å². The molecule has 124 valence electrons. The van der Waals surface area contributed by atoms with E-state index in [1.165, 1.54) is 0 Å². The molecule has 2 fully saturated rings. The van der Waals surface area contributed by atoms with Crippen molar-refractivity contribution in [2.24, 2.45) is 0 Å². The summed E-state index contributed by atoms with van der Waals surface area (Å²) in [6.07, 6.45) is 5.90. The number of nitrogens with zero attached hydrogens (tertiary/aromatic N) is 3. The molecule has 0 unspecified atom stereocenters. The molecule has 4 rings (SSSR count). The zero-order chi connectivity index (χ0) is 16.9. The molecule has 5 nitrogen and oxygen atoms in total. The van der Waals surface area contributed by atoms with Gasteiger partial charge < -0.3 is 9.31 Å². The van der Waals surface area contributed by atoms with E-state index in [4.69, 9.17) is 19.3 Å². The first-order chi connectivity index (χ1) is 11.4. The van der Waals surface area contributed by atoms with Crippen molar-refractivity contribution in [1.82, 2.24) is 15.0 Å². The van der Waals surface area contributed by atoms with Crippen LogP contribution in [0.25, 0.3) is 11.3 Å². The quantitative estimate of drug-likeness (QED) is 0.813. The summed E-state index contributed by atoms with van der Waals surface area (Å²) >= 11 is 0. The molecular formula is C18H22BN3O2. The third-order valence-corrected chi connectivity index (χ3v) is 5.16. The van der Waals surface area contributed by atoms with Crippen molar-refractivity contribution in [3.63, 3.8) is 0 Å². The standard InChI is InChI=1S/C18H22BN3O2/c1-17(2)18(3,4)24-19(23-17)15-10-14(13-6-5-9-20-11-13)21-16(22-15)12-7-8-12/h5-6,9-12H,7-8H2,1-4H3. The van der Waals surface area contributed by atoms with Gasteiger partial charge in [0.2, 0.25) is 0 Å². The van der Waals surface area contributed by atoms with Crippen LogP contribution in [0.5, 0.6) is 0 Å². The second-order valence-electron chi connectivity index (χ2n) is 7.64. The van der Waals surface area contributed by atoms with Crippen LogP contribution in [-0.2, 0) is 9.31 Å². The summed E-state index contributed by atoms with van der Waals surface area (Å²) in [5.74, 6) is 1.35. The molecule has 1 aliphatic heterocycles. The molecule has 0 bridgehead atoms. The van der Waals surface area contributed by atoms with Gasteiger partial charge in [-0.05, 0) is 58.7 Å². The molecule has 0 aromatic carbocycles. The summed E-state index contributed by atoms with van der Waals surface area (Å²) in [6, 6.07) is 5.90. The molecule has 0 radical (unpaired) electrons. The summed E-state index contributed by atoms with van der Waals surface area (Å²) < 4.78 is 12.3. The summed E-state index contributed by atoms with van der Waals surface area (Å²) in [4.78, 5) is 13.7. The average molecular weight is 323 g/mol. The molecule has 24 heavy (non-hydrogen) atoms. The first-order valence-corrected chi connectivity index (χ1v) is 8.51. The molecular weight excluding hydrogens is 301 g/mol. The van der Waals surface area contributed by atoms with Crippen LogP contribution < -0.4 is 5.59 Å². The van der Waals surface area contributed by atoms with E-state index in [0.717, 1.165) is 35.5 Å². The van der Waals surface area contributed by atoms with E-state index in [1.54, 1.807) is 6.20 Å². The van der Waals surface area contributed by atoms with Crippen molar-refractivity contribution in [2.75, 3.05) is 0 Å². The molecule has 1 saturated carbocycles. The number of hydrogen-bond acceptors (Lipinski definition) is 5. The zero-order valence-corrected chi connectivity index (χ0v) is 14.6. The summed E-state index contributed by atoms with van der Waals surface area (Å²) in [5.41, 5.74) is 1.90. The normalized spacial score (nSPS) is 21.9. The fourth-order valence-electron chi connectivity index (χ4n) is 2.76.